The quantitative estimate of drug-likeness (QED) is 0.436. The second-order valence-electron chi connectivity index (χ2n) is 3.70. The van der Waals surface area contributed by atoms with Crippen molar-refractivity contribution in [1.82, 2.24) is 0 Å². The number of nitrogens with zero attached hydrogens (tertiary/aromatic N) is 2. The predicted molar refractivity (Wildman–Crippen MR) is 42.7 cm³/mol. The van der Waals surface area contributed by atoms with Gasteiger partial charge in [-0.3, -0.25) is 0 Å². The first-order chi connectivity index (χ1) is 4.99. The molecule has 0 spiro atoms. The normalized spacial score (nSPS) is 13.6. The molecule has 3 nitrogen and oxygen atoms in total. The maximum absolute atomic E-state index is 10.1. The third-order valence-electron chi connectivity index (χ3n) is 1.33. The predicted octanol–water partition coefficient (Wildman–Crippen LogP) is 0.421. The molecule has 62 valence electrons. The largest absolute Gasteiger partial charge is 0.330 e. The van der Waals surface area contributed by atoms with Crippen LogP contribution in [0.15, 0.2) is 0 Å². The highest BCUT2D eigenvalue weighted by molar-refractivity contribution is 5.50. The molecule has 1 unspecified atom stereocenters. The zero-order chi connectivity index (χ0) is 8.91. The highest BCUT2D eigenvalue weighted by Crippen LogP contribution is 2.04. The number of hydrogen-bond acceptors (Lipinski definition) is 2. The van der Waals surface area contributed by atoms with Crippen LogP contribution < -0.4 is 0 Å². The van der Waals surface area contributed by atoms with Gasteiger partial charge in [0.2, 0.25) is 0 Å². The Hall–Kier alpha value is -0.880. The standard InChI is InChI=1S/C8H15N2O/c1-10(2,3)7-8(6-9)4-5-11/h5,8H,4,7H2,1-3H3/q+1. The molecule has 0 aliphatic heterocycles. The van der Waals surface area contributed by atoms with Crippen molar-refractivity contribution < 1.29 is 9.28 Å². The summed E-state index contributed by atoms with van der Waals surface area (Å²) in [7, 11) is 6.03. The van der Waals surface area contributed by atoms with Gasteiger partial charge in [-0.15, -0.1) is 0 Å². The Morgan fingerprint density at radius 3 is 2.36 bits per heavy atom. The lowest BCUT2D eigenvalue weighted by atomic mass is 10.1. The van der Waals surface area contributed by atoms with E-state index in [9.17, 15) is 4.79 Å². The summed E-state index contributed by atoms with van der Waals surface area (Å²) < 4.78 is 0.728. The first kappa shape index (κ1) is 10.1. The lowest BCUT2D eigenvalue weighted by Gasteiger charge is -2.25. The Bertz CT molecular complexity index is 164. The summed E-state index contributed by atoms with van der Waals surface area (Å²) >= 11 is 0. The number of hydrogen-bond donors (Lipinski definition) is 0. The van der Waals surface area contributed by atoms with Crippen LogP contribution in [0.1, 0.15) is 6.42 Å². The zero-order valence-corrected chi connectivity index (χ0v) is 7.37. The molecule has 1 atom stereocenters. The minimum atomic E-state index is -0.132. The van der Waals surface area contributed by atoms with Crippen molar-refractivity contribution in [1.29, 1.82) is 5.26 Å². The maximum atomic E-state index is 10.1. The Morgan fingerprint density at radius 1 is 1.55 bits per heavy atom. The summed E-state index contributed by atoms with van der Waals surface area (Å²) in [6, 6.07) is 2.11. The fourth-order valence-corrected chi connectivity index (χ4v) is 0.945. The van der Waals surface area contributed by atoms with Crippen LogP contribution in [0.4, 0.5) is 0 Å². The fraction of sp³-hybridized carbons (Fsp3) is 0.750. The van der Waals surface area contributed by atoms with E-state index in [1.165, 1.54) is 0 Å². The van der Waals surface area contributed by atoms with Gasteiger partial charge in [-0.25, -0.2) is 0 Å². The minimum Gasteiger partial charge on any atom is -0.330 e. The van der Waals surface area contributed by atoms with E-state index >= 15 is 0 Å². The van der Waals surface area contributed by atoms with E-state index in [1.807, 2.05) is 21.1 Å². The second-order valence-corrected chi connectivity index (χ2v) is 3.70. The van der Waals surface area contributed by atoms with E-state index in [0.717, 1.165) is 17.3 Å². The van der Waals surface area contributed by atoms with Crippen LogP contribution in [0, 0.1) is 17.2 Å². The molecule has 0 aromatic rings. The molecule has 0 saturated heterocycles. The minimum absolute atomic E-state index is 0.132. The summed E-state index contributed by atoms with van der Waals surface area (Å²) in [5.74, 6) is -0.132. The van der Waals surface area contributed by atoms with Gasteiger partial charge in [0.05, 0.1) is 33.8 Å². The van der Waals surface area contributed by atoms with Gasteiger partial charge in [0, 0.05) is 6.42 Å². The lowest BCUT2D eigenvalue weighted by molar-refractivity contribution is -0.872. The van der Waals surface area contributed by atoms with E-state index in [2.05, 4.69) is 6.07 Å². The van der Waals surface area contributed by atoms with Gasteiger partial charge in [0.15, 0.2) is 0 Å². The monoisotopic (exact) mass is 155 g/mol. The van der Waals surface area contributed by atoms with Crippen LogP contribution in [0.25, 0.3) is 0 Å². The van der Waals surface area contributed by atoms with Gasteiger partial charge in [-0.1, -0.05) is 0 Å². The van der Waals surface area contributed by atoms with E-state index in [1.54, 1.807) is 0 Å². The molecule has 0 aliphatic carbocycles. The molecule has 0 N–H and O–H groups in total. The molecule has 11 heavy (non-hydrogen) atoms. The SMILES string of the molecule is C[N+](C)(C)CC(C#N)CC=O. The van der Waals surface area contributed by atoms with Gasteiger partial charge in [0.1, 0.15) is 12.2 Å². The molecule has 3 heteroatoms. The molecule has 0 rings (SSSR count). The summed E-state index contributed by atoms with van der Waals surface area (Å²) in [6.45, 7) is 0.731. The molecule has 0 amide bonds. The Labute approximate surface area is 67.8 Å². The summed E-state index contributed by atoms with van der Waals surface area (Å²) in [6.07, 6.45) is 1.16. The number of aldehydes is 1. The van der Waals surface area contributed by atoms with E-state index in [4.69, 9.17) is 5.26 Å². The third-order valence-corrected chi connectivity index (χ3v) is 1.33. The van der Waals surface area contributed by atoms with Crippen molar-refractivity contribution in [3.63, 3.8) is 0 Å². The van der Waals surface area contributed by atoms with Crippen molar-refractivity contribution in [2.75, 3.05) is 27.7 Å². The molecule has 0 aliphatic rings. The maximum Gasteiger partial charge on any atom is 0.121 e. The smallest absolute Gasteiger partial charge is 0.121 e. The average Bonchev–Trinajstić information content (AvgIpc) is 1.84. The number of carbonyl (C=O) groups is 1. The Morgan fingerprint density at radius 2 is 2.09 bits per heavy atom. The molecular formula is C8H15N2O+. The number of nitriles is 1. The van der Waals surface area contributed by atoms with Gasteiger partial charge < -0.3 is 9.28 Å². The van der Waals surface area contributed by atoms with Crippen LogP contribution in [0.3, 0.4) is 0 Å². The first-order valence-electron chi connectivity index (χ1n) is 3.63. The molecule has 0 heterocycles. The fourth-order valence-electron chi connectivity index (χ4n) is 0.945. The van der Waals surface area contributed by atoms with Crippen molar-refractivity contribution in [3.8, 4) is 6.07 Å². The zero-order valence-electron chi connectivity index (χ0n) is 7.37. The van der Waals surface area contributed by atoms with Gasteiger partial charge in [-0.05, 0) is 0 Å². The molecule has 0 radical (unpaired) electrons. The molecule has 0 aromatic heterocycles. The topological polar surface area (TPSA) is 40.9 Å². The summed E-state index contributed by atoms with van der Waals surface area (Å²) in [4.78, 5) is 10.1. The molecular weight excluding hydrogens is 140 g/mol. The first-order valence-corrected chi connectivity index (χ1v) is 3.63. The third kappa shape index (κ3) is 5.56. The van der Waals surface area contributed by atoms with E-state index in [-0.39, 0.29) is 5.92 Å². The molecule has 0 bridgehead atoms. The highest BCUT2D eigenvalue weighted by Gasteiger charge is 2.16. The van der Waals surface area contributed by atoms with Crippen LogP contribution in [-0.2, 0) is 4.79 Å². The van der Waals surface area contributed by atoms with Gasteiger partial charge in [0.25, 0.3) is 0 Å². The Kier molecular flexibility index (Phi) is 3.77. The van der Waals surface area contributed by atoms with Crippen molar-refractivity contribution in [2.24, 2.45) is 5.92 Å². The van der Waals surface area contributed by atoms with Gasteiger partial charge in [-0.2, -0.15) is 5.26 Å². The molecule has 0 saturated carbocycles. The average molecular weight is 155 g/mol. The molecule has 0 aromatic carbocycles. The van der Waals surface area contributed by atoms with Crippen molar-refractivity contribution in [2.45, 2.75) is 6.42 Å². The summed E-state index contributed by atoms with van der Waals surface area (Å²) in [5, 5.41) is 8.60. The lowest BCUT2D eigenvalue weighted by Crippen LogP contribution is -2.38. The van der Waals surface area contributed by atoms with Gasteiger partial charge >= 0.3 is 0 Å². The van der Waals surface area contributed by atoms with Crippen LogP contribution >= 0.6 is 0 Å². The number of quaternary nitrogens is 1. The highest BCUT2D eigenvalue weighted by atomic mass is 16.1. The van der Waals surface area contributed by atoms with Crippen LogP contribution in [0.5, 0.6) is 0 Å². The Balaban J connectivity index is 3.90. The summed E-state index contributed by atoms with van der Waals surface area (Å²) in [5.41, 5.74) is 0. The van der Waals surface area contributed by atoms with Crippen molar-refractivity contribution in [3.05, 3.63) is 0 Å². The molecule has 0 fully saturated rings. The van der Waals surface area contributed by atoms with Crippen LogP contribution in [-0.4, -0.2) is 38.5 Å². The van der Waals surface area contributed by atoms with Crippen LogP contribution in [0.2, 0.25) is 0 Å². The van der Waals surface area contributed by atoms with Crippen molar-refractivity contribution >= 4 is 6.29 Å². The number of carbonyl (C=O) groups excluding carboxylic acids is 1. The van der Waals surface area contributed by atoms with E-state index < -0.39 is 0 Å². The number of rotatable bonds is 4. The van der Waals surface area contributed by atoms with E-state index in [0.29, 0.717) is 6.42 Å². The second kappa shape index (κ2) is 4.09.